The molecule has 5 heteroatoms. The van der Waals surface area contributed by atoms with Gasteiger partial charge in [0.15, 0.2) is 0 Å². The van der Waals surface area contributed by atoms with E-state index in [0.717, 1.165) is 70.8 Å². The van der Waals surface area contributed by atoms with Gasteiger partial charge in [-0.05, 0) is 51.4 Å². The van der Waals surface area contributed by atoms with E-state index < -0.39 is 0 Å². The van der Waals surface area contributed by atoms with Crippen LogP contribution in [0.5, 0.6) is 5.75 Å². The van der Waals surface area contributed by atoms with Gasteiger partial charge in [0.05, 0.1) is 6.61 Å². The Hall–Kier alpha value is -1.59. The maximum absolute atomic E-state index is 12.1. The number of benzene rings is 1. The first-order chi connectivity index (χ1) is 12.6. The van der Waals surface area contributed by atoms with Crippen molar-refractivity contribution in [2.75, 3.05) is 53.4 Å². The van der Waals surface area contributed by atoms with E-state index in [1.165, 1.54) is 0 Å². The van der Waals surface area contributed by atoms with Gasteiger partial charge in [-0.15, -0.1) is 0 Å². The van der Waals surface area contributed by atoms with Crippen molar-refractivity contribution in [3.63, 3.8) is 0 Å². The minimum atomic E-state index is 0.166. The van der Waals surface area contributed by atoms with Crippen molar-refractivity contribution in [1.29, 1.82) is 0 Å². The summed E-state index contributed by atoms with van der Waals surface area (Å²) in [7, 11) is 4.18. The van der Waals surface area contributed by atoms with Gasteiger partial charge >= 0.3 is 0 Å². The number of ether oxygens (including phenoxy) is 1. The highest BCUT2D eigenvalue weighted by Gasteiger charge is 2.41. The fraction of sp³-hybridized carbons (Fsp3) is 0.667. The van der Waals surface area contributed by atoms with Gasteiger partial charge in [-0.1, -0.05) is 18.2 Å². The van der Waals surface area contributed by atoms with Crippen molar-refractivity contribution in [2.24, 2.45) is 0 Å². The third-order valence-corrected chi connectivity index (χ3v) is 6.10. The third kappa shape index (κ3) is 4.77. The van der Waals surface area contributed by atoms with Crippen molar-refractivity contribution in [3.8, 4) is 5.75 Å². The standard InChI is InChI=1S/C21H33N3O2/c1-22-14-12-21(11-10-20(22)25)18-24(16-15-23(21)2)13-6-7-17-26-19-8-4-3-5-9-19/h3-5,8-9H,6-7,10-18H2,1-2H3. The molecule has 3 rings (SSSR count). The first-order valence-electron chi connectivity index (χ1n) is 9.94. The smallest absolute Gasteiger partial charge is 0.222 e. The van der Waals surface area contributed by atoms with E-state index in [0.29, 0.717) is 12.3 Å². The number of hydrogen-bond donors (Lipinski definition) is 0. The van der Waals surface area contributed by atoms with Crippen LogP contribution < -0.4 is 4.74 Å². The number of carbonyl (C=O) groups is 1. The number of para-hydroxylation sites is 1. The van der Waals surface area contributed by atoms with Crippen LogP contribution in [0.15, 0.2) is 30.3 Å². The fourth-order valence-corrected chi connectivity index (χ4v) is 4.18. The summed E-state index contributed by atoms with van der Waals surface area (Å²) >= 11 is 0. The minimum Gasteiger partial charge on any atom is -0.494 e. The zero-order valence-corrected chi connectivity index (χ0v) is 16.3. The summed E-state index contributed by atoms with van der Waals surface area (Å²) in [6.45, 7) is 6.09. The molecule has 1 unspecified atom stereocenters. The van der Waals surface area contributed by atoms with E-state index in [9.17, 15) is 4.79 Å². The summed E-state index contributed by atoms with van der Waals surface area (Å²) < 4.78 is 5.79. The molecule has 0 saturated carbocycles. The number of rotatable bonds is 6. The quantitative estimate of drug-likeness (QED) is 0.731. The molecule has 0 N–H and O–H groups in total. The molecule has 2 aliphatic rings. The van der Waals surface area contributed by atoms with E-state index in [-0.39, 0.29) is 5.54 Å². The maximum atomic E-state index is 12.1. The Morgan fingerprint density at radius 3 is 2.65 bits per heavy atom. The van der Waals surface area contributed by atoms with Crippen LogP contribution in [0.1, 0.15) is 32.1 Å². The molecule has 1 atom stereocenters. The molecule has 2 aliphatic heterocycles. The summed E-state index contributed by atoms with van der Waals surface area (Å²) in [5.41, 5.74) is 0.166. The SMILES string of the molecule is CN1CCC2(CCC1=O)CN(CCCCOc1ccccc1)CCN2C. The molecule has 1 spiro atoms. The summed E-state index contributed by atoms with van der Waals surface area (Å²) in [5.74, 6) is 1.25. The summed E-state index contributed by atoms with van der Waals surface area (Å²) in [6, 6.07) is 10.0. The van der Waals surface area contributed by atoms with E-state index in [1.54, 1.807) is 0 Å². The van der Waals surface area contributed by atoms with Gasteiger partial charge in [0.2, 0.25) is 5.91 Å². The van der Waals surface area contributed by atoms with Gasteiger partial charge in [0.1, 0.15) is 5.75 Å². The number of amides is 1. The van der Waals surface area contributed by atoms with Gasteiger partial charge in [-0.3, -0.25) is 9.69 Å². The second kappa shape index (κ2) is 8.87. The number of likely N-dealkylation sites (tertiary alicyclic amines) is 1. The van der Waals surface area contributed by atoms with Crippen LogP contribution in [0.25, 0.3) is 0 Å². The third-order valence-electron chi connectivity index (χ3n) is 6.10. The van der Waals surface area contributed by atoms with Gasteiger partial charge < -0.3 is 14.5 Å². The molecular weight excluding hydrogens is 326 g/mol. The largest absolute Gasteiger partial charge is 0.494 e. The number of piperazine rings is 1. The molecule has 5 nitrogen and oxygen atoms in total. The maximum Gasteiger partial charge on any atom is 0.222 e. The van der Waals surface area contributed by atoms with Crippen LogP contribution in [-0.4, -0.2) is 79.6 Å². The lowest BCUT2D eigenvalue weighted by atomic mass is 9.86. The Morgan fingerprint density at radius 2 is 1.85 bits per heavy atom. The highest BCUT2D eigenvalue weighted by Crippen LogP contribution is 2.31. The fourth-order valence-electron chi connectivity index (χ4n) is 4.18. The Bertz CT molecular complexity index is 580. The molecule has 0 radical (unpaired) electrons. The van der Waals surface area contributed by atoms with E-state index in [1.807, 2.05) is 42.3 Å². The minimum absolute atomic E-state index is 0.166. The summed E-state index contributed by atoms with van der Waals surface area (Å²) in [4.78, 5) is 19.1. The predicted molar refractivity (Wildman–Crippen MR) is 104 cm³/mol. The molecule has 2 fully saturated rings. The number of unbranched alkanes of at least 4 members (excludes halogenated alkanes) is 1. The van der Waals surface area contributed by atoms with Crippen LogP contribution >= 0.6 is 0 Å². The Kier molecular flexibility index (Phi) is 6.54. The van der Waals surface area contributed by atoms with Gasteiger partial charge in [0, 0.05) is 45.2 Å². The summed E-state index contributed by atoms with van der Waals surface area (Å²) in [5, 5.41) is 0. The van der Waals surface area contributed by atoms with E-state index in [2.05, 4.69) is 16.8 Å². The van der Waals surface area contributed by atoms with Gasteiger partial charge in [0.25, 0.3) is 0 Å². The van der Waals surface area contributed by atoms with Crippen molar-refractivity contribution >= 4 is 5.91 Å². The lowest BCUT2D eigenvalue weighted by Crippen LogP contribution is -2.61. The molecule has 0 aliphatic carbocycles. The highest BCUT2D eigenvalue weighted by atomic mass is 16.5. The van der Waals surface area contributed by atoms with Crippen LogP contribution in [0.3, 0.4) is 0 Å². The topological polar surface area (TPSA) is 36.0 Å². The monoisotopic (exact) mass is 359 g/mol. The van der Waals surface area contributed by atoms with E-state index >= 15 is 0 Å². The number of nitrogens with zero attached hydrogens (tertiary/aromatic N) is 3. The molecular formula is C21H33N3O2. The Morgan fingerprint density at radius 1 is 1.04 bits per heavy atom. The Balaban J connectivity index is 1.43. The van der Waals surface area contributed by atoms with Gasteiger partial charge in [-0.25, -0.2) is 0 Å². The van der Waals surface area contributed by atoms with Gasteiger partial charge in [-0.2, -0.15) is 0 Å². The average Bonchev–Trinajstić information content (AvgIpc) is 2.80. The van der Waals surface area contributed by atoms with Crippen molar-refractivity contribution < 1.29 is 9.53 Å². The number of likely N-dealkylation sites (N-methyl/N-ethyl adjacent to an activating group) is 1. The van der Waals surface area contributed by atoms with Crippen LogP contribution in [0, 0.1) is 0 Å². The Labute approximate surface area is 157 Å². The van der Waals surface area contributed by atoms with Crippen molar-refractivity contribution in [2.45, 2.75) is 37.6 Å². The summed E-state index contributed by atoms with van der Waals surface area (Å²) in [6.07, 6.45) is 4.99. The number of carbonyl (C=O) groups excluding carboxylic acids is 1. The highest BCUT2D eigenvalue weighted by molar-refractivity contribution is 5.76. The molecule has 0 aromatic heterocycles. The normalized spacial score (nSPS) is 25.5. The van der Waals surface area contributed by atoms with Crippen LogP contribution in [0.2, 0.25) is 0 Å². The lowest BCUT2D eigenvalue weighted by Gasteiger charge is -2.49. The van der Waals surface area contributed by atoms with Crippen LogP contribution in [0.4, 0.5) is 0 Å². The molecule has 2 heterocycles. The van der Waals surface area contributed by atoms with Crippen molar-refractivity contribution in [1.82, 2.24) is 14.7 Å². The molecule has 1 aromatic carbocycles. The molecule has 26 heavy (non-hydrogen) atoms. The first-order valence-corrected chi connectivity index (χ1v) is 9.94. The average molecular weight is 360 g/mol. The second-order valence-electron chi connectivity index (χ2n) is 7.86. The predicted octanol–water partition coefficient (Wildman–Crippen LogP) is 2.47. The number of hydrogen-bond acceptors (Lipinski definition) is 4. The molecule has 1 aromatic rings. The molecule has 0 bridgehead atoms. The molecule has 2 saturated heterocycles. The zero-order chi connectivity index (χ0) is 18.4. The van der Waals surface area contributed by atoms with Crippen molar-refractivity contribution in [3.05, 3.63) is 30.3 Å². The first kappa shape index (κ1) is 19.2. The molecule has 1 amide bonds. The van der Waals surface area contributed by atoms with Crippen LogP contribution in [-0.2, 0) is 4.79 Å². The van der Waals surface area contributed by atoms with E-state index in [4.69, 9.17) is 4.74 Å². The lowest BCUT2D eigenvalue weighted by molar-refractivity contribution is -0.129. The second-order valence-corrected chi connectivity index (χ2v) is 7.86. The zero-order valence-electron chi connectivity index (χ0n) is 16.3. The molecule has 144 valence electrons.